The molecule has 0 aromatic rings. The zero-order valence-electron chi connectivity index (χ0n) is 19.1. The molecular formula is C24H38I4N2O2. The second-order valence-corrected chi connectivity index (χ2v) is 13.3. The summed E-state index contributed by atoms with van der Waals surface area (Å²) < 4.78 is 4.79. The molecule has 32 heavy (non-hydrogen) atoms. The van der Waals surface area contributed by atoms with Crippen LogP contribution in [-0.2, 0) is 9.59 Å². The highest BCUT2D eigenvalue weighted by atomic mass is 127. The third-order valence-corrected chi connectivity index (χ3v) is 12.2. The van der Waals surface area contributed by atoms with Crippen LogP contribution in [0.25, 0.3) is 0 Å². The summed E-state index contributed by atoms with van der Waals surface area (Å²) in [5.41, 5.74) is 0.00891. The van der Waals surface area contributed by atoms with Gasteiger partial charge < -0.3 is 56.9 Å². The lowest BCUT2D eigenvalue weighted by molar-refractivity contribution is -1.04. The average Bonchev–Trinajstić information content (AvgIpc) is 3.23. The number of rotatable bonds is 2. The molecule has 4 atom stereocenters. The van der Waals surface area contributed by atoms with Crippen molar-refractivity contribution in [2.45, 2.75) is 76.3 Å². The van der Waals surface area contributed by atoms with Crippen molar-refractivity contribution in [3.63, 3.8) is 0 Å². The van der Waals surface area contributed by atoms with Gasteiger partial charge in [-0.15, -0.1) is 0 Å². The number of halogens is 4. The van der Waals surface area contributed by atoms with E-state index >= 15 is 0 Å². The number of quaternary nitrogens is 2. The summed E-state index contributed by atoms with van der Waals surface area (Å²) in [5, 5.41) is 0. The van der Waals surface area contributed by atoms with Crippen molar-refractivity contribution < 1.29 is 66.5 Å². The maximum absolute atomic E-state index is 13.0. The molecule has 184 valence electrons. The first-order valence-corrected chi connectivity index (χ1v) is 15.4. The van der Waals surface area contributed by atoms with Crippen LogP contribution in [0.5, 0.6) is 0 Å². The van der Waals surface area contributed by atoms with Crippen LogP contribution in [-0.4, -0.2) is 80.7 Å². The minimum absolute atomic E-state index is 0. The van der Waals surface area contributed by atoms with E-state index in [1.165, 1.54) is 56.8 Å². The topological polar surface area (TPSA) is 34.1 Å². The smallest absolute Gasteiger partial charge is 0.144 e. The molecule has 0 amide bonds. The van der Waals surface area contributed by atoms with E-state index in [0.717, 1.165) is 64.5 Å². The number of hydrogen-bond donors (Lipinski definition) is 0. The Morgan fingerprint density at radius 2 is 1.06 bits per heavy atom. The highest BCUT2D eigenvalue weighted by Gasteiger charge is 2.64. The largest absolute Gasteiger partial charge is 1.00 e. The van der Waals surface area contributed by atoms with Crippen molar-refractivity contribution in [3.8, 4) is 0 Å². The molecule has 0 radical (unpaired) electrons. The Bertz CT molecular complexity index is 667. The second-order valence-electron chi connectivity index (χ2n) is 11.5. The fraction of sp³-hybridized carbons (Fsp3) is 0.917. The van der Waals surface area contributed by atoms with Gasteiger partial charge in [0.1, 0.15) is 37.7 Å². The molecule has 0 bridgehead atoms. The lowest BCUT2D eigenvalue weighted by Crippen LogP contribution is -3.00. The van der Waals surface area contributed by atoms with E-state index in [2.05, 4.69) is 45.2 Å². The van der Waals surface area contributed by atoms with Gasteiger partial charge in [0.15, 0.2) is 0 Å². The van der Waals surface area contributed by atoms with Crippen molar-refractivity contribution in [1.29, 1.82) is 0 Å². The molecule has 3 aliphatic heterocycles. The first-order chi connectivity index (χ1) is 14.4. The quantitative estimate of drug-likeness (QED) is 0.189. The molecule has 3 heterocycles. The summed E-state index contributed by atoms with van der Waals surface area (Å²) in [6, 6.07) is 1.33. The van der Waals surface area contributed by atoms with Gasteiger partial charge in [0, 0.05) is 25.7 Å². The minimum Gasteiger partial charge on any atom is -1.00 e. The zero-order chi connectivity index (χ0) is 21.0. The molecule has 5 fully saturated rings. The van der Waals surface area contributed by atoms with Crippen molar-refractivity contribution in [2.24, 2.45) is 10.8 Å². The number of carbonyl (C=O) groups excluding carboxylic acids is 2. The Kier molecular flexibility index (Phi) is 9.78. The normalized spacial score (nSPS) is 46.1. The Morgan fingerprint density at radius 3 is 1.38 bits per heavy atom. The van der Waals surface area contributed by atoms with Crippen LogP contribution in [0.1, 0.15) is 64.2 Å². The van der Waals surface area contributed by atoms with E-state index in [0.29, 0.717) is 23.7 Å². The van der Waals surface area contributed by atoms with Crippen molar-refractivity contribution in [3.05, 3.63) is 0 Å². The van der Waals surface area contributed by atoms with Gasteiger partial charge in [0.05, 0.1) is 44.9 Å². The predicted octanol–water partition coefficient (Wildman–Crippen LogP) is -1.68. The van der Waals surface area contributed by atoms with Crippen LogP contribution in [0.4, 0.5) is 0 Å². The summed E-state index contributed by atoms with van der Waals surface area (Å²) in [5.74, 6) is 1.18. The van der Waals surface area contributed by atoms with Gasteiger partial charge in [-0.1, -0.05) is 58.0 Å². The fourth-order valence-electron chi connectivity index (χ4n) is 8.42. The van der Waals surface area contributed by atoms with Gasteiger partial charge in [-0.05, 0) is 25.7 Å². The molecule has 0 N–H and O–H groups in total. The standard InChI is InChI=1S/C24H38I2N2O2.2HI/c25-15-19-13-23(7-3-1-5-21(23)29)17-27(19)9-11-28(12-10-27)18-24(14-20(28)16-26)8-4-2-6-22(24)30;;/h19-20H,1-18H2;2*1H/q+2;;/p-2. The molecule has 2 aliphatic carbocycles. The van der Waals surface area contributed by atoms with E-state index in [4.69, 9.17) is 0 Å². The highest BCUT2D eigenvalue weighted by molar-refractivity contribution is 14.1. The molecule has 0 aromatic heterocycles. The first kappa shape index (κ1) is 28.7. The summed E-state index contributed by atoms with van der Waals surface area (Å²) >= 11 is 5.19. The van der Waals surface area contributed by atoms with Crippen LogP contribution >= 0.6 is 45.2 Å². The van der Waals surface area contributed by atoms with Crippen LogP contribution < -0.4 is 48.0 Å². The lowest BCUT2D eigenvalue weighted by atomic mass is 9.71. The molecular weight excluding hydrogens is 856 g/mol. The maximum Gasteiger partial charge on any atom is 0.144 e. The molecule has 8 heteroatoms. The minimum atomic E-state index is 0. The SMILES string of the molecule is O=C1CCCCC12CC(CI)[N+]1(CC[N+]3(CC1)CC1(CCCCC1=O)CC3CI)C2.[I-].[I-]. The Labute approximate surface area is 255 Å². The zero-order valence-corrected chi connectivity index (χ0v) is 27.7. The van der Waals surface area contributed by atoms with Gasteiger partial charge in [-0.3, -0.25) is 9.59 Å². The molecule has 0 aromatic carbocycles. The number of alkyl halides is 2. The van der Waals surface area contributed by atoms with Crippen LogP contribution in [0, 0.1) is 10.8 Å². The van der Waals surface area contributed by atoms with Gasteiger partial charge in [0.2, 0.25) is 0 Å². The van der Waals surface area contributed by atoms with E-state index in [1.807, 2.05) is 0 Å². The van der Waals surface area contributed by atoms with Gasteiger partial charge >= 0.3 is 0 Å². The van der Waals surface area contributed by atoms with E-state index in [-0.39, 0.29) is 58.8 Å². The summed E-state index contributed by atoms with van der Waals surface area (Å²) in [6.45, 7) is 7.19. The Hall–Kier alpha value is 2.18. The second kappa shape index (κ2) is 10.9. The first-order valence-electron chi connectivity index (χ1n) is 12.3. The molecule has 4 unspecified atom stereocenters. The van der Waals surface area contributed by atoms with Crippen molar-refractivity contribution >= 4 is 56.7 Å². The van der Waals surface area contributed by atoms with Gasteiger partial charge in [-0.25, -0.2) is 0 Å². The predicted molar refractivity (Wildman–Crippen MR) is 136 cm³/mol. The fourth-order valence-corrected chi connectivity index (χ4v) is 10.7. The van der Waals surface area contributed by atoms with Crippen LogP contribution in [0.15, 0.2) is 0 Å². The summed E-state index contributed by atoms with van der Waals surface area (Å²) in [4.78, 5) is 26.1. The number of piperazine rings is 1. The van der Waals surface area contributed by atoms with Gasteiger partial charge in [0.25, 0.3) is 0 Å². The van der Waals surface area contributed by atoms with Crippen molar-refractivity contribution in [1.82, 2.24) is 0 Å². The monoisotopic (exact) mass is 894 g/mol. The number of hydrogen-bond acceptors (Lipinski definition) is 2. The van der Waals surface area contributed by atoms with Crippen LogP contribution in [0.3, 0.4) is 0 Å². The number of Topliss-reactive ketones (excluding diaryl/α,β-unsaturated/α-hetero) is 2. The average molecular weight is 894 g/mol. The van der Waals surface area contributed by atoms with E-state index in [9.17, 15) is 9.59 Å². The number of ketones is 2. The Morgan fingerprint density at radius 1 is 0.688 bits per heavy atom. The number of nitrogens with zero attached hydrogens (tertiary/aromatic N) is 2. The maximum atomic E-state index is 13.0. The summed E-state index contributed by atoms with van der Waals surface area (Å²) in [7, 11) is 0. The Balaban J connectivity index is 0.00000144. The molecule has 2 saturated carbocycles. The number of carbonyl (C=O) groups is 2. The third-order valence-electron chi connectivity index (χ3n) is 10.2. The molecule has 3 saturated heterocycles. The molecule has 5 aliphatic rings. The molecule has 4 spiro atoms. The van der Waals surface area contributed by atoms with E-state index in [1.54, 1.807) is 0 Å². The summed E-state index contributed by atoms with van der Waals surface area (Å²) in [6.07, 6.45) is 11.0. The third kappa shape index (κ3) is 4.63. The highest BCUT2D eigenvalue weighted by Crippen LogP contribution is 2.52. The molecule has 5 rings (SSSR count). The van der Waals surface area contributed by atoms with Crippen molar-refractivity contribution in [2.75, 3.05) is 48.1 Å². The van der Waals surface area contributed by atoms with E-state index < -0.39 is 0 Å². The lowest BCUT2D eigenvalue weighted by Gasteiger charge is -2.51. The van der Waals surface area contributed by atoms with Crippen LogP contribution in [0.2, 0.25) is 0 Å². The van der Waals surface area contributed by atoms with Gasteiger partial charge in [-0.2, -0.15) is 0 Å². The molecule has 4 nitrogen and oxygen atoms in total.